The average molecular weight is 359 g/mol. The van der Waals surface area contributed by atoms with Crippen molar-refractivity contribution < 1.29 is 9.21 Å². The van der Waals surface area contributed by atoms with E-state index in [0.717, 1.165) is 18.8 Å². The Bertz CT molecular complexity index is 975. The summed E-state index contributed by atoms with van der Waals surface area (Å²) in [4.78, 5) is 14.7. The summed E-state index contributed by atoms with van der Waals surface area (Å²) in [6, 6.07) is 15.7. The van der Waals surface area contributed by atoms with E-state index in [2.05, 4.69) is 41.4 Å². The van der Waals surface area contributed by atoms with E-state index in [1.807, 2.05) is 18.2 Å². The number of hydrogen-bond donors (Lipinski definition) is 1. The fraction of sp³-hybridized carbons (Fsp3) is 0.182. The van der Waals surface area contributed by atoms with Crippen molar-refractivity contribution in [3.05, 3.63) is 88.4 Å². The van der Waals surface area contributed by atoms with Gasteiger partial charge in [0.1, 0.15) is 5.76 Å². The van der Waals surface area contributed by atoms with Gasteiger partial charge >= 0.3 is 0 Å². The highest BCUT2D eigenvalue weighted by atomic mass is 16.3. The normalized spacial score (nSPS) is 13.2. The molecule has 1 amide bonds. The van der Waals surface area contributed by atoms with Crippen LogP contribution in [0, 0.1) is 13.8 Å². The van der Waals surface area contributed by atoms with Gasteiger partial charge in [-0.05, 0) is 66.4 Å². The van der Waals surface area contributed by atoms with Gasteiger partial charge in [-0.1, -0.05) is 18.2 Å². The zero-order valence-electron chi connectivity index (χ0n) is 15.4. The van der Waals surface area contributed by atoms with Gasteiger partial charge in [0.2, 0.25) is 0 Å². The van der Waals surface area contributed by atoms with Gasteiger partial charge in [0.15, 0.2) is 0 Å². The number of nitrogens with one attached hydrogen (secondary N) is 1. The number of carbonyl (C=O) groups excluding carboxylic acids is 1. The van der Waals surface area contributed by atoms with Gasteiger partial charge in [-0.25, -0.2) is 5.43 Å². The Kier molecular flexibility index (Phi) is 4.50. The SMILES string of the molecule is Cc1cc2c(cc1C)CN(c1cccc(C(=O)N/N=C/c3ccco3)c1)C2. The number of carbonyl (C=O) groups is 1. The molecule has 1 aromatic heterocycles. The van der Waals surface area contributed by atoms with Gasteiger partial charge in [-0.3, -0.25) is 4.79 Å². The van der Waals surface area contributed by atoms with Crippen LogP contribution in [0.3, 0.4) is 0 Å². The summed E-state index contributed by atoms with van der Waals surface area (Å²) >= 11 is 0. The third kappa shape index (κ3) is 3.62. The van der Waals surface area contributed by atoms with Crippen molar-refractivity contribution in [1.29, 1.82) is 0 Å². The Hall–Kier alpha value is -3.34. The van der Waals surface area contributed by atoms with Gasteiger partial charge in [-0.2, -0.15) is 5.10 Å². The van der Waals surface area contributed by atoms with Gasteiger partial charge in [0, 0.05) is 24.3 Å². The zero-order valence-corrected chi connectivity index (χ0v) is 15.4. The molecule has 5 nitrogen and oxygen atoms in total. The topological polar surface area (TPSA) is 57.8 Å². The number of furan rings is 1. The molecule has 2 aromatic carbocycles. The summed E-state index contributed by atoms with van der Waals surface area (Å²) < 4.78 is 5.15. The van der Waals surface area contributed by atoms with E-state index in [9.17, 15) is 4.79 Å². The minimum absolute atomic E-state index is 0.247. The second-order valence-electron chi connectivity index (χ2n) is 6.83. The standard InChI is InChI=1S/C22H21N3O2/c1-15-9-18-13-25(14-19(18)10-16(15)2)20-6-3-5-17(11-20)22(26)24-23-12-21-7-4-8-27-21/h3-12H,13-14H2,1-2H3,(H,24,26)/b23-12+. The van der Waals surface area contributed by atoms with Crippen LogP contribution in [0.5, 0.6) is 0 Å². The predicted molar refractivity (Wildman–Crippen MR) is 106 cm³/mol. The van der Waals surface area contributed by atoms with Crippen molar-refractivity contribution in [1.82, 2.24) is 5.43 Å². The third-order valence-corrected chi connectivity index (χ3v) is 4.91. The van der Waals surface area contributed by atoms with Crippen LogP contribution < -0.4 is 10.3 Å². The maximum Gasteiger partial charge on any atom is 0.271 e. The minimum Gasteiger partial charge on any atom is -0.463 e. The lowest BCUT2D eigenvalue weighted by atomic mass is 10.0. The molecule has 1 aliphatic heterocycles. The summed E-state index contributed by atoms with van der Waals surface area (Å²) in [5, 5.41) is 3.94. The first-order valence-corrected chi connectivity index (χ1v) is 8.91. The molecule has 0 bridgehead atoms. The molecule has 0 fully saturated rings. The van der Waals surface area contributed by atoms with Crippen molar-refractivity contribution >= 4 is 17.8 Å². The van der Waals surface area contributed by atoms with Crippen LogP contribution in [0.1, 0.15) is 38.4 Å². The number of rotatable bonds is 4. The van der Waals surface area contributed by atoms with E-state index < -0.39 is 0 Å². The van der Waals surface area contributed by atoms with E-state index in [1.165, 1.54) is 28.5 Å². The number of hydrogen-bond acceptors (Lipinski definition) is 4. The van der Waals surface area contributed by atoms with E-state index in [0.29, 0.717) is 11.3 Å². The number of hydrazone groups is 1. The molecule has 0 unspecified atom stereocenters. The van der Waals surface area contributed by atoms with E-state index in [1.54, 1.807) is 24.5 Å². The van der Waals surface area contributed by atoms with Crippen LogP contribution in [0.25, 0.3) is 0 Å². The van der Waals surface area contributed by atoms with Crippen LogP contribution in [0.15, 0.2) is 64.3 Å². The second-order valence-corrected chi connectivity index (χ2v) is 6.83. The van der Waals surface area contributed by atoms with Crippen molar-refractivity contribution in [2.24, 2.45) is 5.10 Å². The van der Waals surface area contributed by atoms with Gasteiger partial charge in [0.25, 0.3) is 5.91 Å². The first kappa shape index (κ1) is 17.1. The molecule has 1 aliphatic rings. The van der Waals surface area contributed by atoms with Crippen LogP contribution in [0.4, 0.5) is 5.69 Å². The lowest BCUT2D eigenvalue weighted by Gasteiger charge is -2.18. The molecular weight excluding hydrogens is 338 g/mol. The lowest BCUT2D eigenvalue weighted by Crippen LogP contribution is -2.19. The molecule has 1 N–H and O–H groups in total. The lowest BCUT2D eigenvalue weighted by molar-refractivity contribution is 0.0955. The summed E-state index contributed by atoms with van der Waals surface area (Å²) in [5.74, 6) is 0.340. The summed E-state index contributed by atoms with van der Waals surface area (Å²) in [5.41, 5.74) is 9.50. The Morgan fingerprint density at radius 1 is 1.07 bits per heavy atom. The average Bonchev–Trinajstić information content (AvgIpc) is 3.32. The van der Waals surface area contributed by atoms with Gasteiger partial charge < -0.3 is 9.32 Å². The van der Waals surface area contributed by atoms with Crippen molar-refractivity contribution in [3.8, 4) is 0 Å². The monoisotopic (exact) mass is 359 g/mol. The summed E-state index contributed by atoms with van der Waals surface area (Å²) in [6.07, 6.45) is 3.03. The maximum atomic E-state index is 12.4. The number of nitrogens with zero attached hydrogens (tertiary/aromatic N) is 2. The molecule has 2 heterocycles. The number of anilines is 1. The first-order valence-electron chi connectivity index (χ1n) is 8.91. The Morgan fingerprint density at radius 3 is 2.48 bits per heavy atom. The molecule has 0 spiro atoms. The molecule has 0 saturated carbocycles. The molecule has 0 saturated heterocycles. The molecule has 3 aromatic rings. The highest BCUT2D eigenvalue weighted by Crippen LogP contribution is 2.30. The van der Waals surface area contributed by atoms with E-state index in [-0.39, 0.29) is 5.91 Å². The second kappa shape index (κ2) is 7.11. The van der Waals surface area contributed by atoms with Crippen molar-refractivity contribution in [2.45, 2.75) is 26.9 Å². The number of amides is 1. The van der Waals surface area contributed by atoms with Crippen LogP contribution in [0.2, 0.25) is 0 Å². The molecule has 0 atom stereocenters. The first-order chi connectivity index (χ1) is 13.1. The van der Waals surface area contributed by atoms with Crippen molar-refractivity contribution in [3.63, 3.8) is 0 Å². The molecule has 136 valence electrons. The smallest absolute Gasteiger partial charge is 0.271 e. The number of fused-ring (bicyclic) bond motifs is 1. The van der Waals surface area contributed by atoms with Crippen LogP contribution >= 0.6 is 0 Å². The molecular formula is C22H21N3O2. The van der Waals surface area contributed by atoms with Crippen molar-refractivity contribution in [2.75, 3.05) is 4.90 Å². The maximum absolute atomic E-state index is 12.4. The fourth-order valence-corrected chi connectivity index (χ4v) is 3.31. The molecule has 27 heavy (non-hydrogen) atoms. The Morgan fingerprint density at radius 2 is 1.81 bits per heavy atom. The van der Waals surface area contributed by atoms with Crippen LogP contribution in [-0.2, 0) is 13.1 Å². The minimum atomic E-state index is -0.247. The number of benzene rings is 2. The van der Waals surface area contributed by atoms with Gasteiger partial charge in [0.05, 0.1) is 12.5 Å². The van der Waals surface area contributed by atoms with E-state index >= 15 is 0 Å². The fourth-order valence-electron chi connectivity index (χ4n) is 3.31. The highest BCUT2D eigenvalue weighted by Gasteiger charge is 2.20. The molecule has 4 rings (SSSR count). The Balaban J connectivity index is 1.47. The largest absolute Gasteiger partial charge is 0.463 e. The van der Waals surface area contributed by atoms with Gasteiger partial charge in [-0.15, -0.1) is 0 Å². The van der Waals surface area contributed by atoms with Crippen LogP contribution in [-0.4, -0.2) is 12.1 Å². The molecule has 0 radical (unpaired) electrons. The predicted octanol–water partition coefficient (Wildman–Crippen LogP) is 4.18. The third-order valence-electron chi connectivity index (χ3n) is 4.91. The number of aryl methyl sites for hydroxylation is 2. The zero-order chi connectivity index (χ0) is 18.8. The summed E-state index contributed by atoms with van der Waals surface area (Å²) in [6.45, 7) is 6.01. The Labute approximate surface area is 158 Å². The molecule has 0 aliphatic carbocycles. The molecule has 5 heteroatoms. The van der Waals surface area contributed by atoms with E-state index in [4.69, 9.17) is 4.42 Å². The summed E-state index contributed by atoms with van der Waals surface area (Å²) in [7, 11) is 0. The highest BCUT2D eigenvalue weighted by molar-refractivity contribution is 5.95. The quantitative estimate of drug-likeness (QED) is 0.561.